The van der Waals surface area contributed by atoms with E-state index in [9.17, 15) is 4.79 Å². The maximum atomic E-state index is 10.2. The van der Waals surface area contributed by atoms with Crippen molar-refractivity contribution in [3.05, 3.63) is 0 Å². The van der Waals surface area contributed by atoms with E-state index in [0.717, 1.165) is 17.3 Å². The average molecular weight is 160 g/mol. The van der Waals surface area contributed by atoms with Crippen molar-refractivity contribution in [2.75, 3.05) is 34.8 Å². The number of methoxy groups -OCH3 is 1. The molecule has 0 aromatic rings. The number of quaternary nitrogens is 1. The van der Waals surface area contributed by atoms with Crippen LogP contribution in [0.4, 0.5) is 0 Å². The molecule has 0 radical (unpaired) electrons. The molecule has 0 bridgehead atoms. The van der Waals surface area contributed by atoms with Gasteiger partial charge in [0.15, 0.2) is 0 Å². The average Bonchev–Trinajstić information content (AvgIpc) is 1.84. The first kappa shape index (κ1) is 10.6. The zero-order valence-corrected chi connectivity index (χ0v) is 7.83. The molecule has 1 unspecified atom stereocenters. The van der Waals surface area contributed by atoms with Crippen molar-refractivity contribution in [3.63, 3.8) is 0 Å². The Kier molecular flexibility index (Phi) is 4.30. The first-order valence-corrected chi connectivity index (χ1v) is 3.76. The molecule has 0 saturated carbocycles. The Morgan fingerprint density at radius 2 is 2.00 bits per heavy atom. The van der Waals surface area contributed by atoms with E-state index in [-0.39, 0.29) is 6.10 Å². The third-order valence-corrected chi connectivity index (χ3v) is 1.44. The van der Waals surface area contributed by atoms with Gasteiger partial charge in [-0.25, -0.2) is 0 Å². The first-order valence-electron chi connectivity index (χ1n) is 3.76. The van der Waals surface area contributed by atoms with Crippen LogP contribution in [0.5, 0.6) is 0 Å². The van der Waals surface area contributed by atoms with Gasteiger partial charge < -0.3 is 14.0 Å². The van der Waals surface area contributed by atoms with Gasteiger partial charge in [-0.05, 0) is 0 Å². The Morgan fingerprint density at radius 1 is 1.45 bits per heavy atom. The molecular formula is C8H18NO2+. The Labute approximate surface area is 68.5 Å². The van der Waals surface area contributed by atoms with Crippen LogP contribution in [0.2, 0.25) is 0 Å². The second-order valence-electron chi connectivity index (χ2n) is 3.73. The van der Waals surface area contributed by atoms with Gasteiger partial charge in [-0.2, -0.15) is 0 Å². The monoisotopic (exact) mass is 160 g/mol. The molecule has 0 heterocycles. The number of aldehydes is 1. The quantitative estimate of drug-likeness (QED) is 0.427. The second-order valence-corrected chi connectivity index (χ2v) is 3.73. The van der Waals surface area contributed by atoms with Crippen molar-refractivity contribution < 1.29 is 14.0 Å². The molecule has 0 aromatic carbocycles. The summed E-state index contributed by atoms with van der Waals surface area (Å²) in [6, 6.07) is 0. The minimum absolute atomic E-state index is 0.0625. The molecule has 0 amide bonds. The van der Waals surface area contributed by atoms with Crippen LogP contribution in [0.1, 0.15) is 6.42 Å². The molecule has 0 spiro atoms. The second kappa shape index (κ2) is 4.46. The normalized spacial score (nSPS) is 14.5. The van der Waals surface area contributed by atoms with Crippen LogP contribution in [0.15, 0.2) is 0 Å². The summed E-state index contributed by atoms with van der Waals surface area (Å²) in [4.78, 5) is 10.2. The fourth-order valence-corrected chi connectivity index (χ4v) is 0.964. The van der Waals surface area contributed by atoms with Gasteiger partial charge in [0.2, 0.25) is 0 Å². The van der Waals surface area contributed by atoms with E-state index >= 15 is 0 Å². The summed E-state index contributed by atoms with van der Waals surface area (Å²) in [6.45, 7) is 0.870. The molecule has 0 aliphatic heterocycles. The maximum absolute atomic E-state index is 10.2. The molecule has 3 heteroatoms. The fourth-order valence-electron chi connectivity index (χ4n) is 0.964. The van der Waals surface area contributed by atoms with E-state index in [4.69, 9.17) is 4.74 Å². The summed E-state index contributed by atoms with van der Waals surface area (Å²) in [5, 5.41) is 0. The van der Waals surface area contributed by atoms with E-state index in [1.807, 2.05) is 0 Å². The summed E-state index contributed by atoms with van der Waals surface area (Å²) < 4.78 is 5.95. The van der Waals surface area contributed by atoms with Crippen LogP contribution >= 0.6 is 0 Å². The summed E-state index contributed by atoms with van der Waals surface area (Å²) in [5.74, 6) is 0. The van der Waals surface area contributed by atoms with E-state index in [0.29, 0.717) is 6.42 Å². The van der Waals surface area contributed by atoms with Crippen LogP contribution in [-0.4, -0.2) is 51.7 Å². The zero-order chi connectivity index (χ0) is 8.91. The first-order chi connectivity index (χ1) is 4.99. The molecule has 66 valence electrons. The van der Waals surface area contributed by atoms with Crippen LogP contribution < -0.4 is 0 Å². The number of ether oxygens (including phenoxy) is 1. The number of rotatable bonds is 5. The summed E-state index contributed by atoms with van der Waals surface area (Å²) in [5.41, 5.74) is 0. The number of hydrogen-bond acceptors (Lipinski definition) is 2. The number of carbonyl (C=O) groups is 1. The molecule has 0 aliphatic rings. The highest BCUT2D eigenvalue weighted by molar-refractivity contribution is 5.50. The molecule has 0 N–H and O–H groups in total. The SMILES string of the molecule is COC(CC=O)C[N+](C)(C)C. The van der Waals surface area contributed by atoms with Crippen molar-refractivity contribution >= 4 is 6.29 Å². The smallest absolute Gasteiger partial charge is 0.122 e. The lowest BCUT2D eigenvalue weighted by molar-refractivity contribution is -0.873. The molecule has 11 heavy (non-hydrogen) atoms. The van der Waals surface area contributed by atoms with Crippen LogP contribution in [-0.2, 0) is 9.53 Å². The number of nitrogens with zero attached hydrogens (tertiary/aromatic N) is 1. The van der Waals surface area contributed by atoms with Gasteiger partial charge in [0.25, 0.3) is 0 Å². The highest BCUT2D eigenvalue weighted by Gasteiger charge is 2.16. The highest BCUT2D eigenvalue weighted by Crippen LogP contribution is 2.00. The largest absolute Gasteiger partial charge is 0.375 e. The van der Waals surface area contributed by atoms with Crippen molar-refractivity contribution in [2.45, 2.75) is 12.5 Å². The molecule has 0 fully saturated rings. The van der Waals surface area contributed by atoms with Gasteiger partial charge in [-0.15, -0.1) is 0 Å². The topological polar surface area (TPSA) is 26.3 Å². The summed E-state index contributed by atoms with van der Waals surface area (Å²) >= 11 is 0. The predicted octanol–water partition coefficient (Wildman–Crippen LogP) is 0.297. The zero-order valence-electron chi connectivity index (χ0n) is 7.83. The lowest BCUT2D eigenvalue weighted by Gasteiger charge is -2.27. The molecule has 0 aliphatic carbocycles. The van der Waals surface area contributed by atoms with Crippen LogP contribution in [0.25, 0.3) is 0 Å². The van der Waals surface area contributed by atoms with Crippen molar-refractivity contribution in [1.82, 2.24) is 0 Å². The minimum atomic E-state index is 0.0625. The Balaban J connectivity index is 3.77. The third-order valence-electron chi connectivity index (χ3n) is 1.44. The lowest BCUT2D eigenvalue weighted by atomic mass is 10.2. The van der Waals surface area contributed by atoms with Crippen LogP contribution in [0, 0.1) is 0 Å². The standard InChI is InChI=1S/C8H18NO2/c1-9(2,3)7-8(11-4)5-6-10/h6,8H,5,7H2,1-4H3/q+1. The van der Waals surface area contributed by atoms with Crippen molar-refractivity contribution in [2.24, 2.45) is 0 Å². The van der Waals surface area contributed by atoms with Gasteiger partial charge in [-0.1, -0.05) is 0 Å². The van der Waals surface area contributed by atoms with E-state index in [2.05, 4.69) is 21.1 Å². The number of likely N-dealkylation sites (N-methyl/N-ethyl adjacent to an activating group) is 1. The Morgan fingerprint density at radius 3 is 2.27 bits per heavy atom. The minimum Gasteiger partial charge on any atom is -0.375 e. The molecule has 3 nitrogen and oxygen atoms in total. The van der Waals surface area contributed by atoms with Gasteiger partial charge in [0, 0.05) is 13.5 Å². The van der Waals surface area contributed by atoms with Gasteiger partial charge in [0.1, 0.15) is 18.9 Å². The highest BCUT2D eigenvalue weighted by atomic mass is 16.5. The van der Waals surface area contributed by atoms with Gasteiger partial charge >= 0.3 is 0 Å². The Hall–Kier alpha value is -0.410. The predicted molar refractivity (Wildman–Crippen MR) is 44.4 cm³/mol. The molecule has 0 aromatic heterocycles. The maximum Gasteiger partial charge on any atom is 0.122 e. The third kappa shape index (κ3) is 6.01. The van der Waals surface area contributed by atoms with Crippen LogP contribution in [0.3, 0.4) is 0 Å². The van der Waals surface area contributed by atoms with Gasteiger partial charge in [-0.3, -0.25) is 0 Å². The van der Waals surface area contributed by atoms with E-state index < -0.39 is 0 Å². The number of hydrogen-bond donors (Lipinski definition) is 0. The van der Waals surface area contributed by atoms with Crippen molar-refractivity contribution in [1.29, 1.82) is 0 Å². The molecule has 0 saturated heterocycles. The van der Waals surface area contributed by atoms with Crippen molar-refractivity contribution in [3.8, 4) is 0 Å². The molecular weight excluding hydrogens is 142 g/mol. The summed E-state index contributed by atoms with van der Waals surface area (Å²) in [7, 11) is 7.88. The fraction of sp³-hybridized carbons (Fsp3) is 0.875. The molecule has 0 rings (SSSR count). The lowest BCUT2D eigenvalue weighted by Crippen LogP contribution is -2.42. The van der Waals surface area contributed by atoms with E-state index in [1.165, 1.54) is 0 Å². The molecule has 1 atom stereocenters. The Bertz CT molecular complexity index is 118. The number of carbonyl (C=O) groups excluding carboxylic acids is 1. The summed E-state index contributed by atoms with van der Waals surface area (Å²) in [6.07, 6.45) is 1.46. The van der Waals surface area contributed by atoms with Gasteiger partial charge in [0.05, 0.1) is 21.1 Å². The van der Waals surface area contributed by atoms with E-state index in [1.54, 1.807) is 7.11 Å².